The Morgan fingerprint density at radius 2 is 2.28 bits per heavy atom. The van der Waals surface area contributed by atoms with Crippen molar-refractivity contribution in [3.8, 4) is 5.75 Å². The molecule has 1 N–H and O–H groups in total. The summed E-state index contributed by atoms with van der Waals surface area (Å²) in [6, 6.07) is 5.72. The molecular weight excluding hydrogens is 246 g/mol. The summed E-state index contributed by atoms with van der Waals surface area (Å²) >= 11 is 6.03. The third-order valence-corrected chi connectivity index (χ3v) is 3.44. The number of rotatable bonds is 5. The van der Waals surface area contributed by atoms with Crippen molar-refractivity contribution in [2.75, 3.05) is 18.5 Å². The van der Waals surface area contributed by atoms with E-state index in [4.69, 9.17) is 16.3 Å². The first-order valence-corrected chi connectivity index (χ1v) is 6.98. The van der Waals surface area contributed by atoms with Gasteiger partial charge in [0.25, 0.3) is 0 Å². The van der Waals surface area contributed by atoms with E-state index >= 15 is 0 Å². The first-order chi connectivity index (χ1) is 8.79. The monoisotopic (exact) mass is 265 g/mol. The molecule has 0 bridgehead atoms. The number of hydrogen-bond donors (Lipinski definition) is 1. The molecule has 0 saturated heterocycles. The molecule has 0 saturated carbocycles. The van der Waals surface area contributed by atoms with Crippen LogP contribution in [0.2, 0.25) is 5.02 Å². The second-order valence-electron chi connectivity index (χ2n) is 4.60. The smallest absolute Gasteiger partial charge is 0.142 e. The molecule has 2 rings (SSSR count). The molecule has 0 spiro atoms. The van der Waals surface area contributed by atoms with Crippen molar-refractivity contribution < 1.29 is 4.74 Å². The summed E-state index contributed by atoms with van der Waals surface area (Å²) in [6.07, 6.45) is 8.16. The van der Waals surface area contributed by atoms with Gasteiger partial charge in [-0.25, -0.2) is 0 Å². The molecule has 1 aliphatic carbocycles. The lowest BCUT2D eigenvalue weighted by molar-refractivity contribution is 0.341. The fraction of sp³-hybridized carbons (Fsp3) is 0.467. The molecule has 18 heavy (non-hydrogen) atoms. The maximum absolute atomic E-state index is 6.03. The molecule has 2 nitrogen and oxygen atoms in total. The molecule has 0 aliphatic heterocycles. The zero-order valence-electron chi connectivity index (χ0n) is 10.8. The van der Waals surface area contributed by atoms with E-state index in [-0.39, 0.29) is 0 Å². The van der Waals surface area contributed by atoms with E-state index in [0.717, 1.165) is 29.4 Å². The highest BCUT2D eigenvalue weighted by Crippen LogP contribution is 2.29. The van der Waals surface area contributed by atoms with Crippen molar-refractivity contribution in [2.45, 2.75) is 26.2 Å². The molecule has 1 aliphatic rings. The van der Waals surface area contributed by atoms with E-state index < -0.39 is 0 Å². The lowest BCUT2D eigenvalue weighted by Gasteiger charge is -2.20. The van der Waals surface area contributed by atoms with Crippen LogP contribution in [0.15, 0.2) is 30.4 Å². The molecule has 1 unspecified atom stereocenters. The summed E-state index contributed by atoms with van der Waals surface area (Å²) < 4.78 is 5.60. The number of allylic oxidation sites excluding steroid dienone is 2. The van der Waals surface area contributed by atoms with Crippen molar-refractivity contribution in [2.24, 2.45) is 5.92 Å². The van der Waals surface area contributed by atoms with Gasteiger partial charge in [-0.3, -0.25) is 0 Å². The van der Waals surface area contributed by atoms with Crippen molar-refractivity contribution in [3.63, 3.8) is 0 Å². The van der Waals surface area contributed by atoms with E-state index in [1.807, 2.05) is 25.1 Å². The van der Waals surface area contributed by atoms with Crippen LogP contribution in [-0.2, 0) is 0 Å². The summed E-state index contributed by atoms with van der Waals surface area (Å²) in [5.74, 6) is 1.59. The second kappa shape index (κ2) is 6.69. The Labute approximate surface area is 114 Å². The molecular formula is C15H20ClNO. The van der Waals surface area contributed by atoms with Gasteiger partial charge in [0, 0.05) is 11.6 Å². The standard InChI is InChI=1S/C15H20ClNO/c1-2-18-15-9-8-13(16)10-14(15)17-11-12-6-4-3-5-7-12/h3-4,8-10,12,17H,2,5-7,11H2,1H3. The van der Waals surface area contributed by atoms with Crippen LogP contribution < -0.4 is 10.1 Å². The lowest BCUT2D eigenvalue weighted by atomic mass is 9.94. The van der Waals surface area contributed by atoms with Crippen LogP contribution in [0, 0.1) is 5.92 Å². The van der Waals surface area contributed by atoms with Crippen LogP contribution in [-0.4, -0.2) is 13.2 Å². The molecule has 0 radical (unpaired) electrons. The second-order valence-corrected chi connectivity index (χ2v) is 5.04. The van der Waals surface area contributed by atoms with Gasteiger partial charge >= 0.3 is 0 Å². The van der Waals surface area contributed by atoms with Crippen LogP contribution >= 0.6 is 11.6 Å². The molecule has 0 fully saturated rings. The fourth-order valence-corrected chi connectivity index (χ4v) is 2.39. The molecule has 0 aromatic heterocycles. The number of halogens is 1. The van der Waals surface area contributed by atoms with Gasteiger partial charge in [0.05, 0.1) is 12.3 Å². The summed E-state index contributed by atoms with van der Waals surface area (Å²) in [5.41, 5.74) is 0.999. The molecule has 98 valence electrons. The Kier molecular flexibility index (Phi) is 4.94. The first kappa shape index (κ1) is 13.3. The number of ether oxygens (including phenoxy) is 1. The predicted octanol–water partition coefficient (Wildman–Crippen LogP) is 4.51. The Hall–Kier alpha value is -1.15. The highest BCUT2D eigenvalue weighted by molar-refractivity contribution is 6.30. The average molecular weight is 266 g/mol. The lowest BCUT2D eigenvalue weighted by Crippen LogP contribution is -2.15. The van der Waals surface area contributed by atoms with Crippen LogP contribution in [0.4, 0.5) is 5.69 Å². The van der Waals surface area contributed by atoms with Gasteiger partial charge in [0.1, 0.15) is 5.75 Å². The number of benzene rings is 1. The number of hydrogen-bond acceptors (Lipinski definition) is 2. The SMILES string of the molecule is CCOc1ccc(Cl)cc1NCC1CC=CCC1. The van der Waals surface area contributed by atoms with Gasteiger partial charge in [0.15, 0.2) is 0 Å². The van der Waals surface area contributed by atoms with Gasteiger partial charge < -0.3 is 10.1 Å². The molecule has 1 atom stereocenters. The molecule has 0 heterocycles. The quantitative estimate of drug-likeness (QED) is 0.791. The fourth-order valence-electron chi connectivity index (χ4n) is 2.22. The van der Waals surface area contributed by atoms with Crippen molar-refractivity contribution in [1.29, 1.82) is 0 Å². The van der Waals surface area contributed by atoms with Crippen molar-refractivity contribution in [3.05, 3.63) is 35.4 Å². The molecule has 1 aromatic carbocycles. The van der Waals surface area contributed by atoms with Crippen LogP contribution in [0.25, 0.3) is 0 Å². The number of nitrogens with one attached hydrogen (secondary N) is 1. The van der Waals surface area contributed by atoms with Crippen LogP contribution in [0.3, 0.4) is 0 Å². The summed E-state index contributed by atoms with van der Waals surface area (Å²) in [7, 11) is 0. The van der Waals surface area contributed by atoms with Gasteiger partial charge in [0.2, 0.25) is 0 Å². The van der Waals surface area contributed by atoms with Crippen LogP contribution in [0.5, 0.6) is 5.75 Å². The highest BCUT2D eigenvalue weighted by atomic mass is 35.5. The maximum atomic E-state index is 6.03. The van der Waals surface area contributed by atoms with E-state index in [0.29, 0.717) is 12.5 Å². The average Bonchev–Trinajstić information content (AvgIpc) is 2.40. The Balaban J connectivity index is 1.98. The molecule has 0 amide bonds. The van der Waals surface area contributed by atoms with Crippen LogP contribution in [0.1, 0.15) is 26.2 Å². The minimum atomic E-state index is 0.669. The zero-order chi connectivity index (χ0) is 12.8. The Morgan fingerprint density at radius 1 is 1.39 bits per heavy atom. The molecule has 3 heteroatoms. The third-order valence-electron chi connectivity index (χ3n) is 3.20. The minimum absolute atomic E-state index is 0.669. The minimum Gasteiger partial charge on any atom is -0.492 e. The predicted molar refractivity (Wildman–Crippen MR) is 77.6 cm³/mol. The van der Waals surface area contributed by atoms with E-state index in [2.05, 4.69) is 17.5 Å². The maximum Gasteiger partial charge on any atom is 0.142 e. The summed E-state index contributed by atoms with van der Waals surface area (Å²) in [5, 5.41) is 4.21. The Morgan fingerprint density at radius 3 is 3.00 bits per heavy atom. The van der Waals surface area contributed by atoms with Crippen molar-refractivity contribution >= 4 is 17.3 Å². The van der Waals surface area contributed by atoms with Gasteiger partial charge in [-0.05, 0) is 50.3 Å². The zero-order valence-corrected chi connectivity index (χ0v) is 11.5. The largest absolute Gasteiger partial charge is 0.492 e. The van der Waals surface area contributed by atoms with Gasteiger partial charge in [-0.1, -0.05) is 23.8 Å². The highest BCUT2D eigenvalue weighted by Gasteiger charge is 2.11. The number of anilines is 1. The van der Waals surface area contributed by atoms with E-state index in [1.165, 1.54) is 12.8 Å². The summed E-state index contributed by atoms with van der Waals surface area (Å²) in [6.45, 7) is 3.64. The van der Waals surface area contributed by atoms with E-state index in [9.17, 15) is 0 Å². The third kappa shape index (κ3) is 3.67. The Bertz CT molecular complexity index is 417. The van der Waals surface area contributed by atoms with Crippen molar-refractivity contribution in [1.82, 2.24) is 0 Å². The first-order valence-electron chi connectivity index (χ1n) is 6.61. The normalized spacial score (nSPS) is 18.7. The van der Waals surface area contributed by atoms with Gasteiger partial charge in [-0.2, -0.15) is 0 Å². The summed E-state index contributed by atoms with van der Waals surface area (Å²) in [4.78, 5) is 0. The topological polar surface area (TPSA) is 21.3 Å². The molecule has 1 aromatic rings. The van der Waals surface area contributed by atoms with E-state index in [1.54, 1.807) is 0 Å². The van der Waals surface area contributed by atoms with Gasteiger partial charge in [-0.15, -0.1) is 0 Å².